The van der Waals surface area contributed by atoms with E-state index in [2.05, 4.69) is 0 Å². The van der Waals surface area contributed by atoms with Crippen LogP contribution in [0.4, 0.5) is 8.78 Å². The molecule has 0 saturated carbocycles. The zero-order valence-electron chi connectivity index (χ0n) is 11.0. The predicted molar refractivity (Wildman–Crippen MR) is 77.0 cm³/mol. The van der Waals surface area contributed by atoms with Crippen molar-refractivity contribution in [2.45, 2.75) is 10.1 Å². The maximum atomic E-state index is 13.2. The summed E-state index contributed by atoms with van der Waals surface area (Å²) in [5.74, 6) is -0.955. The molecule has 0 aromatic heterocycles. The Bertz CT molecular complexity index is 592. The highest BCUT2D eigenvalue weighted by atomic mass is 32.2. The lowest BCUT2D eigenvalue weighted by Gasteiger charge is -2.16. The van der Waals surface area contributed by atoms with Crippen molar-refractivity contribution in [2.75, 3.05) is 13.7 Å². The number of benzene rings is 2. The van der Waals surface area contributed by atoms with Crippen LogP contribution in [0, 0.1) is 11.6 Å². The van der Waals surface area contributed by atoms with Gasteiger partial charge in [0, 0.05) is 16.7 Å². The van der Waals surface area contributed by atoms with Crippen LogP contribution in [0.25, 0.3) is 0 Å². The number of halogens is 2. The highest BCUT2D eigenvalue weighted by Crippen LogP contribution is 2.36. The Balaban J connectivity index is 2.21. The SMILES string of the molecule is COc1cccc(C(CN)Sc2ccc(F)c(F)c2)c1. The number of nitrogens with two attached hydrogens (primary N) is 1. The summed E-state index contributed by atoms with van der Waals surface area (Å²) >= 11 is 1.40. The van der Waals surface area contributed by atoms with Crippen LogP contribution >= 0.6 is 11.8 Å². The van der Waals surface area contributed by atoms with Crippen molar-refractivity contribution in [1.82, 2.24) is 0 Å². The molecule has 0 radical (unpaired) electrons. The molecule has 2 aromatic carbocycles. The van der Waals surface area contributed by atoms with Crippen molar-refractivity contribution in [3.8, 4) is 5.75 Å². The highest BCUT2D eigenvalue weighted by molar-refractivity contribution is 7.99. The smallest absolute Gasteiger partial charge is 0.159 e. The third kappa shape index (κ3) is 3.49. The molecule has 0 bridgehead atoms. The van der Waals surface area contributed by atoms with Crippen LogP contribution in [0.5, 0.6) is 5.75 Å². The molecule has 0 spiro atoms. The number of methoxy groups -OCH3 is 1. The number of ether oxygens (including phenoxy) is 1. The predicted octanol–water partition coefficient (Wildman–Crippen LogP) is 3.77. The van der Waals surface area contributed by atoms with Gasteiger partial charge in [-0.15, -0.1) is 11.8 Å². The molecule has 5 heteroatoms. The Kier molecular flexibility index (Phi) is 4.98. The standard InChI is InChI=1S/C15H15F2NOS/c1-19-11-4-2-3-10(7-11)15(9-18)20-12-5-6-13(16)14(17)8-12/h2-8,15H,9,18H2,1H3. The first-order chi connectivity index (χ1) is 9.63. The average Bonchev–Trinajstić information content (AvgIpc) is 2.48. The molecule has 0 saturated heterocycles. The van der Waals surface area contributed by atoms with Gasteiger partial charge >= 0.3 is 0 Å². The maximum absolute atomic E-state index is 13.2. The summed E-state index contributed by atoms with van der Waals surface area (Å²) in [7, 11) is 1.60. The average molecular weight is 295 g/mol. The van der Waals surface area contributed by atoms with E-state index in [1.807, 2.05) is 24.3 Å². The van der Waals surface area contributed by atoms with Gasteiger partial charge in [0.2, 0.25) is 0 Å². The van der Waals surface area contributed by atoms with Gasteiger partial charge < -0.3 is 10.5 Å². The molecule has 0 aliphatic rings. The third-order valence-electron chi connectivity index (χ3n) is 2.85. The molecule has 2 N–H and O–H groups in total. The summed E-state index contributed by atoms with van der Waals surface area (Å²) < 4.78 is 31.3. The highest BCUT2D eigenvalue weighted by Gasteiger charge is 2.13. The Labute approximate surface area is 120 Å². The normalized spacial score (nSPS) is 12.2. The van der Waals surface area contributed by atoms with Gasteiger partial charge in [0.05, 0.1) is 7.11 Å². The summed E-state index contributed by atoms with van der Waals surface area (Å²) in [6.07, 6.45) is 0. The molecule has 0 amide bonds. The Morgan fingerprint density at radius 1 is 1.15 bits per heavy atom. The molecule has 1 atom stereocenters. The Morgan fingerprint density at radius 2 is 1.95 bits per heavy atom. The van der Waals surface area contributed by atoms with E-state index in [4.69, 9.17) is 10.5 Å². The molecule has 2 aromatic rings. The van der Waals surface area contributed by atoms with Crippen molar-refractivity contribution >= 4 is 11.8 Å². The summed E-state index contributed by atoms with van der Waals surface area (Å²) in [6, 6.07) is 11.4. The minimum atomic E-state index is -0.851. The number of rotatable bonds is 5. The topological polar surface area (TPSA) is 35.2 Å². The molecule has 0 fully saturated rings. The van der Waals surface area contributed by atoms with E-state index in [1.54, 1.807) is 13.2 Å². The molecule has 106 valence electrons. The Morgan fingerprint density at radius 3 is 2.60 bits per heavy atom. The van der Waals surface area contributed by atoms with E-state index in [0.29, 0.717) is 11.4 Å². The van der Waals surface area contributed by atoms with Crippen molar-refractivity contribution in [3.63, 3.8) is 0 Å². The monoisotopic (exact) mass is 295 g/mol. The lowest BCUT2D eigenvalue weighted by atomic mass is 10.1. The molecule has 2 nitrogen and oxygen atoms in total. The maximum Gasteiger partial charge on any atom is 0.159 e. The van der Waals surface area contributed by atoms with E-state index < -0.39 is 11.6 Å². The first-order valence-electron chi connectivity index (χ1n) is 6.09. The van der Waals surface area contributed by atoms with Crippen LogP contribution in [0.15, 0.2) is 47.4 Å². The van der Waals surface area contributed by atoms with Gasteiger partial charge in [0.25, 0.3) is 0 Å². The van der Waals surface area contributed by atoms with E-state index >= 15 is 0 Å². The largest absolute Gasteiger partial charge is 0.497 e. The van der Waals surface area contributed by atoms with Gasteiger partial charge in [0.1, 0.15) is 5.75 Å². The molecule has 0 aliphatic carbocycles. The Hall–Kier alpha value is -1.59. The van der Waals surface area contributed by atoms with E-state index in [1.165, 1.54) is 17.8 Å². The van der Waals surface area contributed by atoms with Crippen LogP contribution in [-0.2, 0) is 0 Å². The first kappa shape index (κ1) is 14.8. The van der Waals surface area contributed by atoms with E-state index in [-0.39, 0.29) is 5.25 Å². The van der Waals surface area contributed by atoms with Gasteiger partial charge in [-0.25, -0.2) is 8.78 Å². The van der Waals surface area contributed by atoms with E-state index in [0.717, 1.165) is 17.4 Å². The van der Waals surface area contributed by atoms with Crippen LogP contribution in [0.1, 0.15) is 10.8 Å². The van der Waals surface area contributed by atoms with Gasteiger partial charge in [-0.05, 0) is 35.9 Å². The summed E-state index contributed by atoms with van der Waals surface area (Å²) in [5.41, 5.74) is 6.77. The number of thioether (sulfide) groups is 1. The van der Waals surface area contributed by atoms with Gasteiger partial charge in [0.15, 0.2) is 11.6 Å². The minimum absolute atomic E-state index is 0.0463. The van der Waals surface area contributed by atoms with Crippen LogP contribution < -0.4 is 10.5 Å². The molecular weight excluding hydrogens is 280 g/mol. The first-order valence-corrected chi connectivity index (χ1v) is 6.97. The number of hydrogen-bond donors (Lipinski definition) is 1. The van der Waals surface area contributed by atoms with Crippen molar-refractivity contribution in [2.24, 2.45) is 5.73 Å². The second-order valence-electron chi connectivity index (χ2n) is 4.19. The molecule has 0 aliphatic heterocycles. The minimum Gasteiger partial charge on any atom is -0.497 e. The summed E-state index contributed by atoms with van der Waals surface area (Å²) in [4.78, 5) is 0.641. The van der Waals surface area contributed by atoms with E-state index in [9.17, 15) is 8.78 Å². The molecular formula is C15H15F2NOS. The van der Waals surface area contributed by atoms with Gasteiger partial charge in [-0.1, -0.05) is 12.1 Å². The van der Waals surface area contributed by atoms with Crippen LogP contribution in [-0.4, -0.2) is 13.7 Å². The third-order valence-corrected chi connectivity index (χ3v) is 4.12. The number of hydrogen-bond acceptors (Lipinski definition) is 3. The molecule has 20 heavy (non-hydrogen) atoms. The lowest BCUT2D eigenvalue weighted by Crippen LogP contribution is -2.09. The zero-order chi connectivity index (χ0) is 14.5. The van der Waals surface area contributed by atoms with Crippen molar-refractivity contribution < 1.29 is 13.5 Å². The summed E-state index contributed by atoms with van der Waals surface area (Å²) in [6.45, 7) is 0.386. The van der Waals surface area contributed by atoms with Crippen molar-refractivity contribution in [1.29, 1.82) is 0 Å². The molecule has 0 heterocycles. The second-order valence-corrected chi connectivity index (χ2v) is 5.47. The quantitative estimate of drug-likeness (QED) is 0.853. The van der Waals surface area contributed by atoms with Gasteiger partial charge in [-0.3, -0.25) is 0 Å². The second kappa shape index (κ2) is 6.72. The fourth-order valence-corrected chi connectivity index (χ4v) is 2.83. The summed E-state index contributed by atoms with van der Waals surface area (Å²) in [5, 5.41) is -0.0463. The fraction of sp³-hybridized carbons (Fsp3) is 0.200. The van der Waals surface area contributed by atoms with Crippen LogP contribution in [0.3, 0.4) is 0 Å². The van der Waals surface area contributed by atoms with Crippen molar-refractivity contribution in [3.05, 3.63) is 59.7 Å². The van der Waals surface area contributed by atoms with Gasteiger partial charge in [-0.2, -0.15) is 0 Å². The fourth-order valence-electron chi connectivity index (χ4n) is 1.81. The molecule has 2 rings (SSSR count). The zero-order valence-corrected chi connectivity index (χ0v) is 11.8. The molecule has 1 unspecified atom stereocenters. The van der Waals surface area contributed by atoms with Crippen LogP contribution in [0.2, 0.25) is 0 Å². The lowest BCUT2D eigenvalue weighted by molar-refractivity contribution is 0.414.